The minimum atomic E-state index is -5.55. The molecule has 0 N–H and O–H groups in total. The van der Waals surface area contributed by atoms with Crippen molar-refractivity contribution in [2.24, 2.45) is 0 Å². The third-order valence-electron chi connectivity index (χ3n) is 10.4. The lowest BCUT2D eigenvalue weighted by Gasteiger charge is -2.38. The lowest BCUT2D eigenvalue weighted by Crippen LogP contribution is -2.54. The molecule has 0 radical (unpaired) electrons. The smallest absolute Gasteiger partial charge is 0.289 e. The number of alkyl halides is 6. The lowest BCUT2D eigenvalue weighted by molar-refractivity contribution is -0.288. The molecule has 53 heavy (non-hydrogen) atoms. The van der Waals surface area contributed by atoms with E-state index < -0.39 is 28.9 Å². The Labute approximate surface area is 311 Å². The summed E-state index contributed by atoms with van der Waals surface area (Å²) in [6, 6.07) is 22.6. The molecule has 0 aliphatic carbocycles. The van der Waals surface area contributed by atoms with Crippen molar-refractivity contribution in [1.29, 1.82) is 0 Å². The fourth-order valence-electron chi connectivity index (χ4n) is 5.97. The number of carbonyl (C=O) groups excluding carboxylic acids is 1. The van der Waals surface area contributed by atoms with Gasteiger partial charge in [-0.15, -0.1) is 0 Å². The number of carbonyl (C=O) groups is 1. The maximum absolute atomic E-state index is 14.0. The molecule has 0 amide bonds. The zero-order valence-corrected chi connectivity index (χ0v) is 32.8. The zero-order valence-electron chi connectivity index (χ0n) is 32.8. The van der Waals surface area contributed by atoms with Gasteiger partial charge in [0, 0.05) is 11.1 Å². The van der Waals surface area contributed by atoms with E-state index in [2.05, 4.69) is 53.7 Å². The molecule has 0 aromatic heterocycles. The molecular formula is C46H50F6O. The van der Waals surface area contributed by atoms with Gasteiger partial charge in [-0.3, -0.25) is 4.79 Å². The fourth-order valence-corrected chi connectivity index (χ4v) is 5.97. The van der Waals surface area contributed by atoms with Gasteiger partial charge in [0.2, 0.25) is 5.41 Å². The number of hydrogen-bond donors (Lipinski definition) is 0. The van der Waals surface area contributed by atoms with E-state index >= 15 is 0 Å². The standard InChI is InChI=1S/C19H18F6.C17H18O.C10H14/c1-11-5-7-15(9-13(11)3)17(18(20,21)22,19(23,24)25)16-8-6-12(2)14(4)10-16;1-11-5-7-15(9-13(11)3)17(18)16-8-6-12(2)14(4)10-16;1-7-5-9(3)10(4)6-8(7)2/h5-10H,1-4H3;5-10H,1-4H3;5-6H,1-4H3. The molecule has 282 valence electrons. The molecule has 0 saturated heterocycles. The van der Waals surface area contributed by atoms with Gasteiger partial charge in [-0.1, -0.05) is 72.8 Å². The van der Waals surface area contributed by atoms with Gasteiger partial charge >= 0.3 is 12.4 Å². The topological polar surface area (TPSA) is 17.1 Å². The van der Waals surface area contributed by atoms with Crippen LogP contribution in [0.5, 0.6) is 0 Å². The summed E-state index contributed by atoms with van der Waals surface area (Å²) in [5.74, 6) is 0.0983. The second kappa shape index (κ2) is 16.6. The van der Waals surface area contributed by atoms with E-state index in [0.717, 1.165) is 46.5 Å². The highest BCUT2D eigenvalue weighted by molar-refractivity contribution is 6.09. The van der Waals surface area contributed by atoms with E-state index in [9.17, 15) is 31.1 Å². The first-order valence-electron chi connectivity index (χ1n) is 17.4. The molecule has 1 nitrogen and oxygen atoms in total. The van der Waals surface area contributed by atoms with Crippen molar-refractivity contribution in [3.05, 3.63) is 174 Å². The highest BCUT2D eigenvalue weighted by Gasteiger charge is 2.72. The van der Waals surface area contributed by atoms with E-state index in [4.69, 9.17) is 0 Å². The number of hydrogen-bond acceptors (Lipinski definition) is 1. The summed E-state index contributed by atoms with van der Waals surface area (Å²) in [6.07, 6.45) is -11.1. The molecule has 0 heterocycles. The molecule has 5 aromatic carbocycles. The van der Waals surface area contributed by atoms with Crippen LogP contribution in [0.4, 0.5) is 26.3 Å². The first-order valence-corrected chi connectivity index (χ1v) is 17.4. The third-order valence-corrected chi connectivity index (χ3v) is 10.4. The third kappa shape index (κ3) is 9.48. The number of ketones is 1. The van der Waals surface area contributed by atoms with Gasteiger partial charge in [-0.25, -0.2) is 0 Å². The molecular weight excluding hydrogens is 682 g/mol. The Morgan fingerprint density at radius 1 is 0.340 bits per heavy atom. The average Bonchev–Trinajstić information content (AvgIpc) is 3.05. The molecule has 0 aliphatic rings. The van der Waals surface area contributed by atoms with Crippen LogP contribution >= 0.6 is 0 Å². The van der Waals surface area contributed by atoms with E-state index in [0.29, 0.717) is 22.3 Å². The van der Waals surface area contributed by atoms with E-state index in [-0.39, 0.29) is 5.78 Å². The molecule has 0 bridgehead atoms. The van der Waals surface area contributed by atoms with Gasteiger partial charge in [-0.2, -0.15) is 26.3 Å². The van der Waals surface area contributed by atoms with E-state index in [1.165, 1.54) is 59.4 Å². The van der Waals surface area contributed by atoms with Gasteiger partial charge in [-0.05, 0) is 173 Å². The lowest BCUT2D eigenvalue weighted by atomic mass is 9.71. The number of rotatable bonds is 4. The quantitative estimate of drug-likeness (QED) is 0.133. The number of halogens is 6. The summed E-state index contributed by atoms with van der Waals surface area (Å²) in [6.45, 7) is 23.1. The van der Waals surface area contributed by atoms with Crippen molar-refractivity contribution in [2.45, 2.75) is 101 Å². The van der Waals surface area contributed by atoms with Gasteiger partial charge in [0.05, 0.1) is 0 Å². The largest absolute Gasteiger partial charge is 0.411 e. The van der Waals surface area contributed by atoms with Crippen molar-refractivity contribution in [3.63, 3.8) is 0 Å². The number of aryl methyl sites for hydroxylation is 12. The zero-order chi connectivity index (χ0) is 40.2. The van der Waals surface area contributed by atoms with E-state index in [1.54, 1.807) is 13.8 Å². The first-order chi connectivity index (χ1) is 24.4. The summed E-state index contributed by atoms with van der Waals surface area (Å²) in [5, 5.41) is 0. The minimum Gasteiger partial charge on any atom is -0.289 e. The van der Waals surface area contributed by atoms with Crippen molar-refractivity contribution in [2.75, 3.05) is 0 Å². The van der Waals surface area contributed by atoms with Gasteiger partial charge < -0.3 is 0 Å². The van der Waals surface area contributed by atoms with E-state index in [1.807, 2.05) is 50.2 Å². The first kappa shape index (κ1) is 42.8. The molecule has 0 atom stereocenters. The summed E-state index contributed by atoms with van der Waals surface area (Å²) in [5.41, 5.74) is 8.13. The van der Waals surface area contributed by atoms with Crippen LogP contribution in [0, 0.1) is 83.1 Å². The molecule has 0 unspecified atom stereocenters. The van der Waals surface area contributed by atoms with Crippen LogP contribution in [0.1, 0.15) is 93.8 Å². The predicted molar refractivity (Wildman–Crippen MR) is 205 cm³/mol. The predicted octanol–water partition coefficient (Wildman–Crippen LogP) is 13.4. The molecule has 0 saturated carbocycles. The van der Waals surface area contributed by atoms with Crippen molar-refractivity contribution in [3.8, 4) is 0 Å². The van der Waals surface area contributed by atoms with Gasteiger partial charge in [0.15, 0.2) is 5.78 Å². The second-order valence-electron chi connectivity index (χ2n) is 14.3. The normalized spacial score (nSPS) is 11.7. The van der Waals surface area contributed by atoms with Crippen molar-refractivity contribution < 1.29 is 31.1 Å². The molecule has 5 aromatic rings. The Morgan fingerprint density at radius 2 is 0.585 bits per heavy atom. The summed E-state index contributed by atoms with van der Waals surface area (Å²) >= 11 is 0. The van der Waals surface area contributed by atoms with Crippen LogP contribution in [0.3, 0.4) is 0 Å². The number of benzene rings is 5. The van der Waals surface area contributed by atoms with Crippen LogP contribution in [0.15, 0.2) is 84.9 Å². The van der Waals surface area contributed by atoms with Crippen molar-refractivity contribution in [1.82, 2.24) is 0 Å². The molecule has 5 rings (SSSR count). The summed E-state index contributed by atoms with van der Waals surface area (Å²) < 4.78 is 83.9. The monoisotopic (exact) mass is 732 g/mol. The molecule has 0 spiro atoms. The Balaban J connectivity index is 0.000000234. The Hall–Kier alpha value is -4.65. The second-order valence-corrected chi connectivity index (χ2v) is 14.3. The highest BCUT2D eigenvalue weighted by atomic mass is 19.4. The van der Waals surface area contributed by atoms with Crippen LogP contribution in [0.25, 0.3) is 0 Å². The molecule has 0 aliphatic heterocycles. The van der Waals surface area contributed by atoms with Gasteiger partial charge in [0.25, 0.3) is 0 Å². The summed E-state index contributed by atoms with van der Waals surface area (Å²) in [7, 11) is 0. The maximum atomic E-state index is 14.0. The van der Waals surface area contributed by atoms with Crippen LogP contribution in [0.2, 0.25) is 0 Å². The maximum Gasteiger partial charge on any atom is 0.411 e. The Bertz CT molecular complexity index is 1930. The fraction of sp³-hybridized carbons (Fsp3) is 0.326. The highest BCUT2D eigenvalue weighted by Crippen LogP contribution is 2.56. The van der Waals surface area contributed by atoms with Crippen molar-refractivity contribution >= 4 is 5.78 Å². The minimum absolute atomic E-state index is 0.0983. The molecule has 7 heteroatoms. The Morgan fingerprint density at radius 3 is 0.830 bits per heavy atom. The SMILES string of the molecule is Cc1cc(C)c(C)cc1C.Cc1ccc(C(=O)c2ccc(C)c(C)c2)cc1C.Cc1ccc(C(c2ccc(C)c(C)c2)(C(F)(F)F)C(F)(F)F)cc1C. The van der Waals surface area contributed by atoms with Crippen LogP contribution in [-0.2, 0) is 5.41 Å². The van der Waals surface area contributed by atoms with Crippen LogP contribution in [-0.4, -0.2) is 18.1 Å². The average molecular weight is 733 g/mol. The Kier molecular flexibility index (Phi) is 13.4. The summed E-state index contributed by atoms with van der Waals surface area (Å²) in [4.78, 5) is 12.4. The van der Waals surface area contributed by atoms with Gasteiger partial charge in [0.1, 0.15) is 0 Å². The van der Waals surface area contributed by atoms with Crippen LogP contribution < -0.4 is 0 Å². The molecule has 0 fully saturated rings.